The molecule has 1 aliphatic rings. The Balaban J connectivity index is 2.48. The van der Waals surface area contributed by atoms with Gasteiger partial charge in [-0.15, -0.1) is 0 Å². The summed E-state index contributed by atoms with van der Waals surface area (Å²) < 4.78 is 0. The van der Waals surface area contributed by atoms with Gasteiger partial charge in [0.15, 0.2) is 0 Å². The van der Waals surface area contributed by atoms with E-state index in [9.17, 15) is 9.59 Å². The number of amides is 2. The topological polar surface area (TPSA) is 40.6 Å². The first-order chi connectivity index (χ1) is 8.04. The van der Waals surface area contributed by atoms with Gasteiger partial charge in [0, 0.05) is 26.6 Å². The van der Waals surface area contributed by atoms with Crippen molar-refractivity contribution in [2.75, 3.05) is 26.2 Å². The van der Waals surface area contributed by atoms with Gasteiger partial charge in [0.2, 0.25) is 11.8 Å². The van der Waals surface area contributed by atoms with Crippen LogP contribution in [0.3, 0.4) is 0 Å². The van der Waals surface area contributed by atoms with Crippen LogP contribution in [0.4, 0.5) is 0 Å². The maximum atomic E-state index is 12.1. The minimum absolute atomic E-state index is 0.00902. The molecule has 0 radical (unpaired) electrons. The molecule has 4 heteroatoms. The number of piperidine rings is 1. The van der Waals surface area contributed by atoms with E-state index in [2.05, 4.69) is 6.92 Å². The lowest BCUT2D eigenvalue weighted by Crippen LogP contribution is -2.46. The molecule has 1 rings (SSSR count). The van der Waals surface area contributed by atoms with Crippen molar-refractivity contribution in [1.29, 1.82) is 0 Å². The smallest absolute Gasteiger partial charge is 0.242 e. The van der Waals surface area contributed by atoms with Gasteiger partial charge in [-0.1, -0.05) is 13.8 Å². The molecule has 0 aromatic heterocycles. The Morgan fingerprint density at radius 1 is 1.41 bits per heavy atom. The fourth-order valence-electron chi connectivity index (χ4n) is 2.30. The number of likely N-dealkylation sites (tertiary alicyclic amines) is 1. The number of carbonyl (C=O) groups excluding carboxylic acids is 2. The van der Waals surface area contributed by atoms with Crippen LogP contribution >= 0.6 is 0 Å². The van der Waals surface area contributed by atoms with Gasteiger partial charge in [-0.3, -0.25) is 9.59 Å². The second kappa shape index (κ2) is 6.62. The quantitative estimate of drug-likeness (QED) is 0.747. The van der Waals surface area contributed by atoms with Crippen molar-refractivity contribution >= 4 is 11.8 Å². The number of carbonyl (C=O) groups is 2. The van der Waals surface area contributed by atoms with Crippen LogP contribution in [0.1, 0.15) is 40.0 Å². The van der Waals surface area contributed by atoms with Gasteiger partial charge in [-0.2, -0.15) is 0 Å². The zero-order valence-electron chi connectivity index (χ0n) is 11.2. The molecule has 0 spiro atoms. The molecular formula is C13H24N2O2. The lowest BCUT2D eigenvalue weighted by molar-refractivity contribution is -0.140. The third-order valence-corrected chi connectivity index (χ3v) is 3.27. The number of hydrogen-bond acceptors (Lipinski definition) is 2. The summed E-state index contributed by atoms with van der Waals surface area (Å²) in [5, 5.41) is 0. The predicted octanol–water partition coefficient (Wildman–Crippen LogP) is 1.50. The minimum atomic E-state index is -0.00902. The molecule has 0 aromatic rings. The summed E-state index contributed by atoms with van der Waals surface area (Å²) >= 11 is 0. The SMILES string of the molecule is CCCN(CC(=O)N1CCCC(C)C1)C(C)=O. The summed E-state index contributed by atoms with van der Waals surface area (Å²) in [7, 11) is 0. The third kappa shape index (κ3) is 4.36. The van der Waals surface area contributed by atoms with Gasteiger partial charge in [-0.05, 0) is 25.2 Å². The van der Waals surface area contributed by atoms with Gasteiger partial charge < -0.3 is 9.80 Å². The van der Waals surface area contributed by atoms with E-state index in [0.29, 0.717) is 12.5 Å². The molecule has 2 amide bonds. The number of hydrogen-bond donors (Lipinski definition) is 0. The highest BCUT2D eigenvalue weighted by Gasteiger charge is 2.23. The third-order valence-electron chi connectivity index (χ3n) is 3.27. The average molecular weight is 240 g/mol. The lowest BCUT2D eigenvalue weighted by atomic mass is 10.0. The Hall–Kier alpha value is -1.06. The summed E-state index contributed by atoms with van der Waals surface area (Å²) in [6, 6.07) is 0. The van der Waals surface area contributed by atoms with Crippen molar-refractivity contribution in [3.63, 3.8) is 0 Å². The van der Waals surface area contributed by atoms with E-state index in [1.54, 1.807) is 4.90 Å². The van der Waals surface area contributed by atoms with E-state index in [1.807, 2.05) is 11.8 Å². The lowest BCUT2D eigenvalue weighted by Gasteiger charge is -2.32. The zero-order valence-corrected chi connectivity index (χ0v) is 11.2. The molecule has 0 bridgehead atoms. The highest BCUT2D eigenvalue weighted by Crippen LogP contribution is 2.15. The minimum Gasteiger partial charge on any atom is -0.341 e. The summed E-state index contributed by atoms with van der Waals surface area (Å²) in [5.74, 6) is 0.676. The van der Waals surface area contributed by atoms with Crippen molar-refractivity contribution in [2.45, 2.75) is 40.0 Å². The largest absolute Gasteiger partial charge is 0.341 e. The van der Waals surface area contributed by atoms with E-state index in [4.69, 9.17) is 0 Å². The number of nitrogens with zero attached hydrogens (tertiary/aromatic N) is 2. The maximum Gasteiger partial charge on any atom is 0.242 e. The molecule has 1 heterocycles. The highest BCUT2D eigenvalue weighted by atomic mass is 16.2. The van der Waals surface area contributed by atoms with Crippen LogP contribution in [0.15, 0.2) is 0 Å². The molecule has 1 fully saturated rings. The van der Waals surface area contributed by atoms with Crippen molar-refractivity contribution in [3.05, 3.63) is 0 Å². The van der Waals surface area contributed by atoms with Crippen LogP contribution in [0.2, 0.25) is 0 Å². The first kappa shape index (κ1) is 14.0. The summed E-state index contributed by atoms with van der Waals surface area (Å²) in [5.41, 5.74) is 0. The van der Waals surface area contributed by atoms with Crippen LogP contribution < -0.4 is 0 Å². The second-order valence-electron chi connectivity index (χ2n) is 5.03. The molecule has 98 valence electrons. The van der Waals surface area contributed by atoms with Gasteiger partial charge in [-0.25, -0.2) is 0 Å². The molecule has 0 aliphatic carbocycles. The molecule has 0 aromatic carbocycles. The fourth-order valence-corrected chi connectivity index (χ4v) is 2.30. The Bertz CT molecular complexity index is 279. The standard InChI is InChI=1S/C13H24N2O2/c1-4-7-14(12(3)16)10-13(17)15-8-5-6-11(2)9-15/h11H,4-10H2,1-3H3. The summed E-state index contributed by atoms with van der Waals surface area (Å²) in [6.45, 7) is 8.33. The molecule has 4 nitrogen and oxygen atoms in total. The van der Waals surface area contributed by atoms with Gasteiger partial charge in [0.25, 0.3) is 0 Å². The van der Waals surface area contributed by atoms with Crippen LogP contribution in [-0.4, -0.2) is 47.8 Å². The van der Waals surface area contributed by atoms with E-state index >= 15 is 0 Å². The van der Waals surface area contributed by atoms with Gasteiger partial charge in [0.1, 0.15) is 0 Å². The fraction of sp³-hybridized carbons (Fsp3) is 0.846. The Morgan fingerprint density at radius 2 is 2.12 bits per heavy atom. The van der Waals surface area contributed by atoms with Gasteiger partial charge in [0.05, 0.1) is 6.54 Å². The van der Waals surface area contributed by atoms with Crippen molar-refractivity contribution in [1.82, 2.24) is 9.80 Å². The summed E-state index contributed by atoms with van der Waals surface area (Å²) in [6.07, 6.45) is 3.18. The van der Waals surface area contributed by atoms with Crippen molar-refractivity contribution < 1.29 is 9.59 Å². The molecule has 1 atom stereocenters. The zero-order chi connectivity index (χ0) is 12.8. The van der Waals surface area contributed by atoms with Crippen LogP contribution in [0, 0.1) is 5.92 Å². The Kier molecular flexibility index (Phi) is 5.45. The number of rotatable bonds is 4. The maximum absolute atomic E-state index is 12.1. The van der Waals surface area contributed by atoms with Crippen LogP contribution in [-0.2, 0) is 9.59 Å². The van der Waals surface area contributed by atoms with Crippen LogP contribution in [0.25, 0.3) is 0 Å². The Labute approximate surface area is 104 Å². The summed E-state index contributed by atoms with van der Waals surface area (Å²) in [4.78, 5) is 27.0. The second-order valence-corrected chi connectivity index (χ2v) is 5.03. The monoisotopic (exact) mass is 240 g/mol. The van der Waals surface area contributed by atoms with E-state index in [-0.39, 0.29) is 18.4 Å². The van der Waals surface area contributed by atoms with E-state index < -0.39 is 0 Å². The van der Waals surface area contributed by atoms with Crippen LogP contribution in [0.5, 0.6) is 0 Å². The Morgan fingerprint density at radius 3 is 2.65 bits per heavy atom. The molecule has 1 unspecified atom stereocenters. The molecule has 0 saturated carbocycles. The first-order valence-corrected chi connectivity index (χ1v) is 6.57. The molecule has 0 N–H and O–H groups in total. The van der Waals surface area contributed by atoms with E-state index in [0.717, 1.165) is 25.9 Å². The molecule has 1 aliphatic heterocycles. The normalized spacial score (nSPS) is 20.2. The molecular weight excluding hydrogens is 216 g/mol. The average Bonchev–Trinajstić information content (AvgIpc) is 2.28. The molecule has 1 saturated heterocycles. The van der Waals surface area contributed by atoms with Crippen molar-refractivity contribution in [3.8, 4) is 0 Å². The molecule has 17 heavy (non-hydrogen) atoms. The van der Waals surface area contributed by atoms with E-state index in [1.165, 1.54) is 13.3 Å². The van der Waals surface area contributed by atoms with Gasteiger partial charge >= 0.3 is 0 Å². The predicted molar refractivity (Wildman–Crippen MR) is 67.5 cm³/mol. The highest BCUT2D eigenvalue weighted by molar-refractivity contribution is 5.83. The van der Waals surface area contributed by atoms with Crippen molar-refractivity contribution in [2.24, 2.45) is 5.92 Å². The first-order valence-electron chi connectivity index (χ1n) is 6.57.